The Morgan fingerprint density at radius 2 is 1.74 bits per heavy atom. The van der Waals surface area contributed by atoms with Gasteiger partial charge in [0.1, 0.15) is 5.75 Å². The molecule has 2 amide bonds. The average molecular weight is 443 g/mol. The van der Waals surface area contributed by atoms with Gasteiger partial charge >= 0.3 is 0 Å². The summed E-state index contributed by atoms with van der Waals surface area (Å²) in [6, 6.07) is 15.7. The number of carbonyl (C=O) groups is 2. The highest BCUT2D eigenvalue weighted by Gasteiger charge is 2.28. The minimum Gasteiger partial charge on any atom is -0.482 e. The Balaban J connectivity index is 1.48. The predicted octanol–water partition coefficient (Wildman–Crippen LogP) is 4.79. The predicted molar refractivity (Wildman–Crippen MR) is 124 cm³/mol. The van der Waals surface area contributed by atoms with E-state index in [0.717, 1.165) is 11.1 Å². The van der Waals surface area contributed by atoms with Crippen LogP contribution in [0, 0.1) is 11.8 Å². The van der Waals surface area contributed by atoms with Gasteiger partial charge in [-0.25, -0.2) is 0 Å². The van der Waals surface area contributed by atoms with Crippen LogP contribution in [0.2, 0.25) is 5.02 Å². The fourth-order valence-electron chi connectivity index (χ4n) is 3.56. The summed E-state index contributed by atoms with van der Waals surface area (Å²) in [5.41, 5.74) is 2.07. The second kappa shape index (κ2) is 10.7. The molecule has 2 aromatic rings. The van der Waals surface area contributed by atoms with Crippen LogP contribution >= 0.6 is 11.6 Å². The molecule has 31 heavy (non-hydrogen) atoms. The lowest BCUT2D eigenvalue weighted by molar-refractivity contribution is -0.137. The first-order chi connectivity index (χ1) is 14.8. The van der Waals surface area contributed by atoms with Crippen LogP contribution in [-0.4, -0.2) is 42.5 Å². The topological polar surface area (TPSA) is 58.6 Å². The van der Waals surface area contributed by atoms with Gasteiger partial charge in [0.25, 0.3) is 5.91 Å². The Kier molecular flexibility index (Phi) is 7.97. The van der Waals surface area contributed by atoms with Gasteiger partial charge in [-0.3, -0.25) is 9.59 Å². The maximum atomic E-state index is 12.6. The first kappa shape index (κ1) is 23.1. The van der Waals surface area contributed by atoms with Crippen molar-refractivity contribution in [3.63, 3.8) is 0 Å². The number of carbonyl (C=O) groups excluding carboxylic acids is 2. The van der Waals surface area contributed by atoms with Crippen molar-refractivity contribution >= 4 is 23.4 Å². The number of nitrogens with one attached hydrogen (secondary N) is 1. The van der Waals surface area contributed by atoms with Gasteiger partial charge < -0.3 is 15.0 Å². The molecule has 1 heterocycles. The van der Waals surface area contributed by atoms with Crippen LogP contribution in [-0.2, 0) is 9.59 Å². The molecule has 166 valence electrons. The minimum atomic E-state index is -0.0855. The summed E-state index contributed by atoms with van der Waals surface area (Å²) in [6.07, 6.45) is 1.35. The molecule has 0 radical (unpaired) electrons. The molecule has 1 N–H and O–H groups in total. The number of piperidine rings is 1. The van der Waals surface area contributed by atoms with Gasteiger partial charge in [-0.1, -0.05) is 61.8 Å². The standard InChI is InChI=1S/C25H31ClN2O3/c1-17(2)18(3)27-25(30)20-11-13-28(14-12-20)24(29)16-31-23-10-9-21(15-22(23)26)19-7-5-4-6-8-19/h4-10,15,17-18,20H,11-14,16H2,1-3H3,(H,27,30). The SMILES string of the molecule is CC(C)C(C)NC(=O)C1CCN(C(=O)COc2ccc(-c3ccccc3)cc2Cl)CC1. The van der Waals surface area contributed by atoms with Crippen molar-refractivity contribution in [3.05, 3.63) is 53.6 Å². The highest BCUT2D eigenvalue weighted by atomic mass is 35.5. The van der Waals surface area contributed by atoms with E-state index in [1.165, 1.54) is 0 Å². The first-order valence-corrected chi connectivity index (χ1v) is 11.3. The molecule has 1 fully saturated rings. The van der Waals surface area contributed by atoms with Gasteiger partial charge in [0.05, 0.1) is 5.02 Å². The van der Waals surface area contributed by atoms with Crippen LogP contribution in [0.3, 0.4) is 0 Å². The molecule has 6 heteroatoms. The molecular formula is C25H31ClN2O3. The van der Waals surface area contributed by atoms with Crippen LogP contribution in [0.5, 0.6) is 5.75 Å². The number of nitrogens with zero attached hydrogens (tertiary/aromatic N) is 1. The lowest BCUT2D eigenvalue weighted by Gasteiger charge is -2.32. The third kappa shape index (κ3) is 6.23. The Morgan fingerprint density at radius 1 is 1.06 bits per heavy atom. The highest BCUT2D eigenvalue weighted by Crippen LogP contribution is 2.30. The molecule has 0 aliphatic carbocycles. The van der Waals surface area contributed by atoms with Crippen LogP contribution in [0.25, 0.3) is 11.1 Å². The molecule has 5 nitrogen and oxygen atoms in total. The highest BCUT2D eigenvalue weighted by molar-refractivity contribution is 6.32. The van der Waals surface area contributed by atoms with Crippen molar-refractivity contribution in [2.75, 3.05) is 19.7 Å². The van der Waals surface area contributed by atoms with Crippen molar-refractivity contribution in [2.24, 2.45) is 11.8 Å². The van der Waals surface area contributed by atoms with Crippen molar-refractivity contribution in [1.29, 1.82) is 0 Å². The van der Waals surface area contributed by atoms with E-state index in [4.69, 9.17) is 16.3 Å². The van der Waals surface area contributed by atoms with E-state index < -0.39 is 0 Å². The van der Waals surface area contributed by atoms with E-state index in [2.05, 4.69) is 19.2 Å². The molecule has 0 aromatic heterocycles. The van der Waals surface area contributed by atoms with Crippen LogP contribution < -0.4 is 10.1 Å². The Morgan fingerprint density at radius 3 is 2.35 bits per heavy atom. The first-order valence-electron chi connectivity index (χ1n) is 10.9. The number of amides is 2. The summed E-state index contributed by atoms with van der Waals surface area (Å²) >= 11 is 6.37. The molecule has 1 atom stereocenters. The van der Waals surface area contributed by atoms with Crippen molar-refractivity contribution < 1.29 is 14.3 Å². The Hall–Kier alpha value is -2.53. The van der Waals surface area contributed by atoms with Gasteiger partial charge in [-0.05, 0) is 48.9 Å². The van der Waals surface area contributed by atoms with E-state index in [0.29, 0.717) is 42.6 Å². The summed E-state index contributed by atoms with van der Waals surface area (Å²) in [5, 5.41) is 3.56. The summed E-state index contributed by atoms with van der Waals surface area (Å²) in [7, 11) is 0. The number of halogens is 1. The van der Waals surface area contributed by atoms with Crippen molar-refractivity contribution in [3.8, 4) is 16.9 Å². The number of ether oxygens (including phenoxy) is 1. The van der Waals surface area contributed by atoms with Gasteiger partial charge in [0, 0.05) is 25.0 Å². The summed E-state index contributed by atoms with van der Waals surface area (Å²) in [4.78, 5) is 26.8. The number of benzene rings is 2. The van der Waals surface area contributed by atoms with Crippen molar-refractivity contribution in [2.45, 2.75) is 39.7 Å². The maximum Gasteiger partial charge on any atom is 0.260 e. The average Bonchev–Trinajstić information content (AvgIpc) is 2.78. The summed E-state index contributed by atoms with van der Waals surface area (Å²) < 4.78 is 5.69. The van der Waals surface area contributed by atoms with Gasteiger partial charge in [-0.15, -0.1) is 0 Å². The zero-order valence-corrected chi connectivity index (χ0v) is 19.2. The molecule has 3 rings (SSSR count). The minimum absolute atomic E-state index is 0.0360. The molecule has 1 unspecified atom stereocenters. The molecule has 1 aliphatic rings. The van der Waals surface area contributed by atoms with E-state index >= 15 is 0 Å². The third-order valence-corrected chi connectivity index (χ3v) is 6.27. The molecular weight excluding hydrogens is 412 g/mol. The number of likely N-dealkylation sites (tertiary alicyclic amines) is 1. The normalized spacial score (nSPS) is 15.6. The fourth-order valence-corrected chi connectivity index (χ4v) is 3.79. The summed E-state index contributed by atoms with van der Waals surface area (Å²) in [6.45, 7) is 7.27. The second-order valence-electron chi connectivity index (χ2n) is 8.50. The fraction of sp³-hybridized carbons (Fsp3) is 0.440. The molecule has 2 aromatic carbocycles. The number of hydrogen-bond donors (Lipinski definition) is 1. The van der Waals surface area contributed by atoms with Crippen LogP contribution in [0.1, 0.15) is 33.6 Å². The lowest BCUT2D eigenvalue weighted by Crippen LogP contribution is -2.46. The van der Waals surface area contributed by atoms with Crippen molar-refractivity contribution in [1.82, 2.24) is 10.2 Å². The smallest absolute Gasteiger partial charge is 0.260 e. The third-order valence-electron chi connectivity index (χ3n) is 5.98. The monoisotopic (exact) mass is 442 g/mol. The lowest BCUT2D eigenvalue weighted by atomic mass is 9.95. The Bertz CT molecular complexity index is 893. The second-order valence-corrected chi connectivity index (χ2v) is 8.90. The van der Waals surface area contributed by atoms with Gasteiger partial charge in [-0.2, -0.15) is 0 Å². The van der Waals surface area contributed by atoms with Gasteiger partial charge in [0.2, 0.25) is 5.91 Å². The maximum absolute atomic E-state index is 12.6. The number of hydrogen-bond acceptors (Lipinski definition) is 3. The quantitative estimate of drug-likeness (QED) is 0.670. The summed E-state index contributed by atoms with van der Waals surface area (Å²) in [5.74, 6) is 0.863. The zero-order chi connectivity index (χ0) is 22.4. The number of rotatable bonds is 7. The zero-order valence-electron chi connectivity index (χ0n) is 18.4. The van der Waals surface area contributed by atoms with Gasteiger partial charge in [0.15, 0.2) is 6.61 Å². The molecule has 0 bridgehead atoms. The van der Waals surface area contributed by atoms with Crippen LogP contribution in [0.4, 0.5) is 0 Å². The molecule has 1 saturated heterocycles. The molecule has 0 spiro atoms. The van der Waals surface area contributed by atoms with E-state index in [1.807, 2.05) is 49.4 Å². The largest absolute Gasteiger partial charge is 0.482 e. The Labute approximate surface area is 189 Å². The van der Waals surface area contributed by atoms with Crippen LogP contribution in [0.15, 0.2) is 48.5 Å². The van der Waals surface area contributed by atoms with E-state index in [1.54, 1.807) is 11.0 Å². The van der Waals surface area contributed by atoms with E-state index in [9.17, 15) is 9.59 Å². The molecule has 0 saturated carbocycles. The molecule has 1 aliphatic heterocycles. The van der Waals surface area contributed by atoms with E-state index in [-0.39, 0.29) is 30.4 Å².